The molecule has 0 saturated heterocycles. The van der Waals surface area contributed by atoms with E-state index in [-0.39, 0.29) is 57.3 Å². The number of phenols is 11. The quantitative estimate of drug-likeness (QED) is 0.0802. The van der Waals surface area contributed by atoms with Crippen molar-refractivity contribution in [3.63, 3.8) is 0 Å². The molecule has 8 rings (SSSR count). The molecule has 6 aromatic rings. The Kier molecular flexibility index (Phi) is 7.19. The summed E-state index contributed by atoms with van der Waals surface area (Å²) in [6, 6.07) is 10.6. The second kappa shape index (κ2) is 11.7. The molecule has 11 N–H and O–H groups in total. The summed E-state index contributed by atoms with van der Waals surface area (Å²) in [4.78, 5) is 0. The Morgan fingerprint density at radius 3 is 1.24 bits per heavy atom. The lowest BCUT2D eigenvalue weighted by Crippen LogP contribution is -2.04. The number of rotatable bonds is 5. The van der Waals surface area contributed by atoms with Crippen molar-refractivity contribution in [1.82, 2.24) is 0 Å². The molecule has 2 heterocycles. The lowest BCUT2D eigenvalue weighted by atomic mass is 9.98. The normalized spacial score (nSPS) is 12.1. The monoisotopic (exact) mass is 740 g/mol. The van der Waals surface area contributed by atoms with Crippen molar-refractivity contribution in [2.24, 2.45) is 0 Å². The molecule has 0 aliphatic carbocycles. The summed E-state index contributed by atoms with van der Waals surface area (Å²) in [7, 11) is 0. The zero-order valence-corrected chi connectivity index (χ0v) is 27.1. The van der Waals surface area contributed by atoms with Gasteiger partial charge in [0, 0.05) is 54.6 Å². The summed E-state index contributed by atoms with van der Waals surface area (Å²) in [5.74, 6) is -10.7. The maximum Gasteiger partial charge on any atom is 0.220 e. The molecule has 0 atom stereocenters. The Labute approximate surface area is 300 Å². The zero-order valence-electron chi connectivity index (χ0n) is 27.1. The minimum atomic E-state index is -0.941. The first-order valence-electron chi connectivity index (χ1n) is 15.4. The number of hydrogen-bond donors (Lipinski definition) is 11. The first kappa shape index (κ1) is 33.1. The van der Waals surface area contributed by atoms with Crippen LogP contribution < -0.4 is 28.4 Å². The predicted octanol–water partition coefficient (Wildman–Crippen LogP) is 7.80. The van der Waals surface area contributed by atoms with Gasteiger partial charge in [0.15, 0.2) is 46.0 Å². The Balaban J connectivity index is 1.22. The van der Waals surface area contributed by atoms with E-state index in [4.69, 9.17) is 28.4 Å². The average molecular weight is 741 g/mol. The SMILES string of the molecule is Cc1cc(O)c2c(c1Oc1cc(O)cc(O)c1)Oc1c(cc(O)c(-c3c(O)cc4c(c3O)Oc3c(Oc5cc(O)cc(O)c5)c(O)cc(O)c3O4)c1O)O2. The molecule has 0 unspecified atom stereocenters. The van der Waals surface area contributed by atoms with Gasteiger partial charge in [0.05, 0.1) is 11.1 Å². The van der Waals surface area contributed by atoms with Gasteiger partial charge in [-0.25, -0.2) is 0 Å². The fraction of sp³-hybridized carbons (Fsp3) is 0.0270. The van der Waals surface area contributed by atoms with Crippen LogP contribution >= 0.6 is 0 Å². The third-order valence-corrected chi connectivity index (χ3v) is 8.18. The van der Waals surface area contributed by atoms with Gasteiger partial charge < -0.3 is 84.6 Å². The molecule has 0 saturated carbocycles. The van der Waals surface area contributed by atoms with Crippen LogP contribution in [0.4, 0.5) is 0 Å². The molecule has 6 aromatic carbocycles. The van der Waals surface area contributed by atoms with Gasteiger partial charge in [-0.1, -0.05) is 0 Å². The minimum Gasteiger partial charge on any atom is -0.508 e. The number of fused-ring (bicyclic) bond motifs is 4. The maximum atomic E-state index is 11.6. The summed E-state index contributed by atoms with van der Waals surface area (Å²) >= 11 is 0. The number of hydrogen-bond acceptors (Lipinski definition) is 17. The molecular formula is C37H24O17. The van der Waals surface area contributed by atoms with E-state index in [0.29, 0.717) is 0 Å². The van der Waals surface area contributed by atoms with E-state index in [0.717, 1.165) is 42.5 Å². The Morgan fingerprint density at radius 2 is 0.778 bits per heavy atom. The summed E-state index contributed by atoms with van der Waals surface area (Å²) in [5.41, 5.74) is -0.962. The summed E-state index contributed by atoms with van der Waals surface area (Å²) in [6.07, 6.45) is 0. The van der Waals surface area contributed by atoms with Gasteiger partial charge in [0.25, 0.3) is 0 Å². The number of aromatic hydroxyl groups is 11. The second-order valence-corrected chi connectivity index (χ2v) is 12.0. The molecule has 0 amide bonds. The predicted molar refractivity (Wildman–Crippen MR) is 181 cm³/mol. The first-order chi connectivity index (χ1) is 25.7. The lowest BCUT2D eigenvalue weighted by molar-refractivity contribution is 0.299. The third kappa shape index (κ3) is 5.27. The van der Waals surface area contributed by atoms with Gasteiger partial charge >= 0.3 is 0 Å². The van der Waals surface area contributed by atoms with Crippen molar-refractivity contribution in [2.45, 2.75) is 6.92 Å². The largest absolute Gasteiger partial charge is 0.508 e. The highest BCUT2D eigenvalue weighted by Gasteiger charge is 2.37. The molecule has 2 aliphatic heterocycles. The third-order valence-electron chi connectivity index (χ3n) is 8.18. The first-order valence-corrected chi connectivity index (χ1v) is 15.4. The zero-order chi connectivity index (χ0) is 38.3. The van der Waals surface area contributed by atoms with E-state index in [1.165, 1.54) is 25.1 Å². The number of benzene rings is 6. The Morgan fingerprint density at radius 1 is 0.370 bits per heavy atom. The highest BCUT2D eigenvalue weighted by molar-refractivity contribution is 5.92. The van der Waals surface area contributed by atoms with Crippen LogP contribution in [-0.2, 0) is 0 Å². The molecule has 54 heavy (non-hydrogen) atoms. The van der Waals surface area contributed by atoms with E-state index >= 15 is 0 Å². The van der Waals surface area contributed by atoms with Gasteiger partial charge in [-0.15, -0.1) is 0 Å². The molecule has 0 radical (unpaired) electrons. The summed E-state index contributed by atoms with van der Waals surface area (Å²) < 4.78 is 34.9. The molecule has 2 aliphatic rings. The highest BCUT2D eigenvalue weighted by Crippen LogP contribution is 2.65. The standard InChI is InChI=1S/C37H24O17/c1-12-2-21(44)32-36(30(12)49-17-5-13(38)3-14(39)6-17)53-34-24(51-32)10-19(42)26(28(34)47)27-20(43)11-25-35(29(27)48)54-37-31(22(45)9-23(46)33(37)52-25)50-18-7-15(40)4-16(41)8-18/h2-11,38-48H,1H3. The topological polar surface area (TPSA) is 278 Å². The van der Waals surface area contributed by atoms with E-state index in [2.05, 4.69) is 0 Å². The second-order valence-electron chi connectivity index (χ2n) is 12.0. The van der Waals surface area contributed by atoms with Crippen molar-refractivity contribution < 1.29 is 84.6 Å². The molecule has 274 valence electrons. The Bertz CT molecular complexity index is 2380. The van der Waals surface area contributed by atoms with Gasteiger partial charge in [-0.2, -0.15) is 0 Å². The maximum absolute atomic E-state index is 11.6. The molecule has 0 spiro atoms. The molecule has 17 heteroatoms. The minimum absolute atomic E-state index is 0.0449. The smallest absolute Gasteiger partial charge is 0.220 e. The van der Waals surface area contributed by atoms with Gasteiger partial charge in [-0.3, -0.25) is 0 Å². The van der Waals surface area contributed by atoms with Crippen molar-refractivity contribution in [3.8, 4) is 143 Å². The highest BCUT2D eigenvalue weighted by atomic mass is 16.6. The number of phenolic OH excluding ortho intramolecular Hbond substituents is 11. The van der Waals surface area contributed by atoms with Crippen LogP contribution in [0.1, 0.15) is 5.56 Å². The number of aryl methyl sites for hydroxylation is 1. The van der Waals surface area contributed by atoms with Crippen LogP contribution in [0.15, 0.2) is 60.7 Å². The van der Waals surface area contributed by atoms with E-state index in [9.17, 15) is 56.2 Å². The molecular weight excluding hydrogens is 716 g/mol. The molecule has 17 nitrogen and oxygen atoms in total. The van der Waals surface area contributed by atoms with E-state index in [1.807, 2.05) is 0 Å². The van der Waals surface area contributed by atoms with Crippen LogP contribution in [-0.4, -0.2) is 56.2 Å². The lowest BCUT2D eigenvalue weighted by Gasteiger charge is -2.27. The Hall–Kier alpha value is -8.08. The molecule has 0 bridgehead atoms. The van der Waals surface area contributed by atoms with Crippen LogP contribution in [0.2, 0.25) is 0 Å². The van der Waals surface area contributed by atoms with Gasteiger partial charge in [0.2, 0.25) is 40.2 Å². The summed E-state index contributed by atoms with van der Waals surface area (Å²) in [5, 5.41) is 117. The van der Waals surface area contributed by atoms with Crippen molar-refractivity contribution in [2.75, 3.05) is 0 Å². The van der Waals surface area contributed by atoms with Crippen LogP contribution in [0, 0.1) is 6.92 Å². The number of ether oxygens (including phenoxy) is 6. The average Bonchev–Trinajstić information content (AvgIpc) is 3.08. The fourth-order valence-corrected chi connectivity index (χ4v) is 5.92. The van der Waals surface area contributed by atoms with Crippen molar-refractivity contribution in [3.05, 3.63) is 66.2 Å². The van der Waals surface area contributed by atoms with Gasteiger partial charge in [-0.05, 0) is 18.6 Å². The van der Waals surface area contributed by atoms with E-state index < -0.39 is 91.6 Å². The van der Waals surface area contributed by atoms with E-state index in [1.54, 1.807) is 0 Å². The summed E-state index contributed by atoms with van der Waals surface area (Å²) in [6.45, 7) is 1.53. The molecule has 0 aromatic heterocycles. The molecule has 0 fully saturated rings. The van der Waals surface area contributed by atoms with Crippen molar-refractivity contribution >= 4 is 0 Å². The van der Waals surface area contributed by atoms with Crippen LogP contribution in [0.5, 0.6) is 132 Å². The fourth-order valence-electron chi connectivity index (χ4n) is 5.92. The van der Waals surface area contributed by atoms with Crippen LogP contribution in [0.3, 0.4) is 0 Å². The van der Waals surface area contributed by atoms with Gasteiger partial charge in [0.1, 0.15) is 46.0 Å². The van der Waals surface area contributed by atoms with Crippen LogP contribution in [0.25, 0.3) is 11.1 Å². The van der Waals surface area contributed by atoms with Crippen molar-refractivity contribution in [1.29, 1.82) is 0 Å².